The van der Waals surface area contributed by atoms with Crippen LogP contribution in [0.15, 0.2) is 6.20 Å². The number of nitrogens with one attached hydrogen (secondary N) is 1. The number of carboxylic acids is 1. The SMILES string of the molecule is CC(=O)c1c(C)[nH]c(C(=O)N2CC(n3cc(C(=O)O)nn3)C2)c1C. The third-order valence-corrected chi connectivity index (χ3v) is 4.26. The number of amides is 1. The van der Waals surface area contributed by atoms with Crippen molar-refractivity contribution in [1.29, 1.82) is 0 Å². The summed E-state index contributed by atoms with van der Waals surface area (Å²) in [6.45, 7) is 5.81. The third-order valence-electron chi connectivity index (χ3n) is 4.26. The van der Waals surface area contributed by atoms with Gasteiger partial charge in [-0.3, -0.25) is 9.59 Å². The summed E-state index contributed by atoms with van der Waals surface area (Å²) in [5.74, 6) is -1.40. The standard InChI is InChI=1S/C15H17N5O4/c1-7-12(9(3)21)8(2)16-13(7)14(22)19-4-10(5-19)20-6-11(15(23)24)17-18-20/h6,10,16H,4-5H2,1-3H3,(H,23,24). The first-order valence-corrected chi connectivity index (χ1v) is 7.44. The number of ketones is 1. The molecule has 3 rings (SSSR count). The molecular formula is C15H17N5O4. The van der Waals surface area contributed by atoms with E-state index in [9.17, 15) is 14.4 Å². The summed E-state index contributed by atoms with van der Waals surface area (Å²) in [7, 11) is 0. The van der Waals surface area contributed by atoms with Crippen LogP contribution in [0.4, 0.5) is 0 Å². The van der Waals surface area contributed by atoms with Crippen molar-refractivity contribution in [2.75, 3.05) is 13.1 Å². The Labute approximate surface area is 137 Å². The highest BCUT2D eigenvalue weighted by molar-refractivity contribution is 6.02. The molecular weight excluding hydrogens is 314 g/mol. The Hall–Kier alpha value is -2.97. The van der Waals surface area contributed by atoms with Gasteiger partial charge in [-0.2, -0.15) is 0 Å². The fraction of sp³-hybridized carbons (Fsp3) is 0.400. The van der Waals surface area contributed by atoms with Crippen molar-refractivity contribution in [2.24, 2.45) is 0 Å². The van der Waals surface area contributed by atoms with Crippen molar-refractivity contribution in [3.8, 4) is 0 Å². The van der Waals surface area contributed by atoms with Crippen molar-refractivity contribution in [3.63, 3.8) is 0 Å². The molecule has 0 saturated carbocycles. The smallest absolute Gasteiger partial charge is 0.358 e. The van der Waals surface area contributed by atoms with E-state index in [1.165, 1.54) is 17.8 Å². The van der Waals surface area contributed by atoms with Crippen LogP contribution in [0.5, 0.6) is 0 Å². The topological polar surface area (TPSA) is 121 Å². The average Bonchev–Trinajstić information content (AvgIpc) is 3.02. The highest BCUT2D eigenvalue weighted by Crippen LogP contribution is 2.25. The highest BCUT2D eigenvalue weighted by atomic mass is 16.4. The van der Waals surface area contributed by atoms with Gasteiger partial charge < -0.3 is 15.0 Å². The van der Waals surface area contributed by atoms with E-state index in [0.29, 0.717) is 35.6 Å². The number of aryl methyl sites for hydroxylation is 1. The number of hydrogen-bond donors (Lipinski definition) is 2. The van der Waals surface area contributed by atoms with Gasteiger partial charge in [-0.25, -0.2) is 9.48 Å². The molecule has 24 heavy (non-hydrogen) atoms. The van der Waals surface area contributed by atoms with E-state index in [4.69, 9.17) is 5.11 Å². The van der Waals surface area contributed by atoms with Gasteiger partial charge in [-0.1, -0.05) is 5.21 Å². The number of nitrogens with zero attached hydrogens (tertiary/aromatic N) is 4. The van der Waals surface area contributed by atoms with E-state index < -0.39 is 5.97 Å². The number of carboxylic acid groups (broad SMARTS) is 1. The van der Waals surface area contributed by atoms with Crippen LogP contribution in [0.1, 0.15) is 55.6 Å². The monoisotopic (exact) mass is 331 g/mol. The summed E-state index contributed by atoms with van der Waals surface area (Å²) in [6.07, 6.45) is 1.35. The van der Waals surface area contributed by atoms with Crippen LogP contribution in [0.3, 0.4) is 0 Å². The van der Waals surface area contributed by atoms with Crippen LogP contribution in [0, 0.1) is 13.8 Å². The first-order chi connectivity index (χ1) is 11.3. The quantitative estimate of drug-likeness (QED) is 0.800. The number of hydrogen-bond acceptors (Lipinski definition) is 5. The number of aromatic nitrogens is 4. The fourth-order valence-electron chi connectivity index (χ4n) is 2.99. The van der Waals surface area contributed by atoms with Crippen molar-refractivity contribution in [1.82, 2.24) is 24.9 Å². The minimum atomic E-state index is -1.14. The first-order valence-electron chi connectivity index (χ1n) is 7.44. The molecule has 0 bridgehead atoms. The lowest BCUT2D eigenvalue weighted by Crippen LogP contribution is -2.51. The molecule has 9 nitrogen and oxygen atoms in total. The maximum atomic E-state index is 12.6. The van der Waals surface area contributed by atoms with Gasteiger partial charge in [0.25, 0.3) is 5.91 Å². The molecule has 1 aliphatic rings. The molecule has 3 heterocycles. The highest BCUT2D eigenvalue weighted by Gasteiger charge is 2.35. The van der Waals surface area contributed by atoms with Gasteiger partial charge in [0.2, 0.25) is 0 Å². The van der Waals surface area contributed by atoms with Gasteiger partial charge in [-0.05, 0) is 26.3 Å². The Bertz CT molecular complexity index is 844. The van der Waals surface area contributed by atoms with E-state index in [2.05, 4.69) is 15.3 Å². The maximum absolute atomic E-state index is 12.6. The minimum Gasteiger partial charge on any atom is -0.476 e. The van der Waals surface area contributed by atoms with Gasteiger partial charge in [0.05, 0.1) is 12.2 Å². The van der Waals surface area contributed by atoms with Gasteiger partial charge in [0.15, 0.2) is 11.5 Å². The summed E-state index contributed by atoms with van der Waals surface area (Å²) in [5.41, 5.74) is 2.19. The number of carbonyl (C=O) groups excluding carboxylic acids is 2. The first kappa shape index (κ1) is 15.9. The van der Waals surface area contributed by atoms with Crippen LogP contribution in [-0.2, 0) is 0 Å². The second-order valence-electron chi connectivity index (χ2n) is 5.93. The molecule has 1 amide bonds. The molecule has 0 spiro atoms. The van der Waals surface area contributed by atoms with Gasteiger partial charge in [0, 0.05) is 24.3 Å². The number of likely N-dealkylation sites (tertiary alicyclic amines) is 1. The molecule has 2 aromatic rings. The van der Waals surface area contributed by atoms with E-state index >= 15 is 0 Å². The summed E-state index contributed by atoms with van der Waals surface area (Å²) in [4.78, 5) is 39.7. The van der Waals surface area contributed by atoms with Gasteiger partial charge >= 0.3 is 5.97 Å². The number of Topliss-reactive ketones (excluding diaryl/α,β-unsaturated/α-hetero) is 1. The molecule has 0 aliphatic carbocycles. The Kier molecular flexibility index (Phi) is 3.70. The number of aromatic carboxylic acids is 1. The lowest BCUT2D eigenvalue weighted by molar-refractivity contribution is 0.0491. The number of rotatable bonds is 4. The molecule has 0 radical (unpaired) electrons. The van der Waals surface area contributed by atoms with Gasteiger partial charge in [0.1, 0.15) is 5.69 Å². The second-order valence-corrected chi connectivity index (χ2v) is 5.93. The minimum absolute atomic E-state index is 0.0781. The maximum Gasteiger partial charge on any atom is 0.358 e. The molecule has 126 valence electrons. The van der Waals surface area contributed by atoms with Crippen molar-refractivity contribution in [2.45, 2.75) is 26.8 Å². The van der Waals surface area contributed by atoms with Crippen LogP contribution < -0.4 is 0 Å². The van der Waals surface area contributed by atoms with Crippen LogP contribution in [0.2, 0.25) is 0 Å². The van der Waals surface area contributed by atoms with E-state index in [-0.39, 0.29) is 23.4 Å². The van der Waals surface area contributed by atoms with E-state index in [1.807, 2.05) is 0 Å². The molecule has 1 fully saturated rings. The van der Waals surface area contributed by atoms with Crippen LogP contribution >= 0.6 is 0 Å². The lowest BCUT2D eigenvalue weighted by Gasteiger charge is -2.38. The average molecular weight is 331 g/mol. The molecule has 0 unspecified atom stereocenters. The zero-order valence-electron chi connectivity index (χ0n) is 13.5. The summed E-state index contributed by atoms with van der Waals surface area (Å²) in [6, 6.07) is -0.0989. The number of H-pyrrole nitrogens is 1. The summed E-state index contributed by atoms with van der Waals surface area (Å²) < 4.78 is 1.46. The third kappa shape index (κ3) is 2.47. The summed E-state index contributed by atoms with van der Waals surface area (Å²) in [5, 5.41) is 16.2. The molecule has 1 saturated heterocycles. The normalized spacial score (nSPS) is 14.5. The van der Waals surface area contributed by atoms with E-state index in [1.54, 1.807) is 18.7 Å². The number of carbonyl (C=O) groups is 3. The summed E-state index contributed by atoms with van der Waals surface area (Å²) >= 11 is 0. The lowest BCUT2D eigenvalue weighted by atomic mass is 10.0. The fourth-order valence-corrected chi connectivity index (χ4v) is 2.99. The predicted octanol–water partition coefficient (Wildman–Crippen LogP) is 0.821. The largest absolute Gasteiger partial charge is 0.476 e. The molecule has 0 aromatic carbocycles. The Balaban J connectivity index is 1.72. The predicted molar refractivity (Wildman–Crippen MR) is 82.2 cm³/mol. The Morgan fingerprint density at radius 3 is 2.46 bits per heavy atom. The molecule has 9 heteroatoms. The zero-order valence-corrected chi connectivity index (χ0v) is 13.5. The molecule has 2 N–H and O–H groups in total. The molecule has 1 aliphatic heterocycles. The zero-order chi connectivity index (χ0) is 17.6. The molecule has 2 aromatic heterocycles. The van der Waals surface area contributed by atoms with Gasteiger partial charge in [-0.15, -0.1) is 5.10 Å². The van der Waals surface area contributed by atoms with Crippen molar-refractivity contribution < 1.29 is 19.5 Å². The van der Waals surface area contributed by atoms with Crippen LogP contribution in [0.25, 0.3) is 0 Å². The number of aromatic amines is 1. The van der Waals surface area contributed by atoms with E-state index in [0.717, 1.165) is 0 Å². The second kappa shape index (κ2) is 5.59. The Morgan fingerprint density at radius 1 is 1.29 bits per heavy atom. The molecule has 0 atom stereocenters. The van der Waals surface area contributed by atoms with Crippen molar-refractivity contribution in [3.05, 3.63) is 34.4 Å². The Morgan fingerprint density at radius 2 is 1.96 bits per heavy atom. The van der Waals surface area contributed by atoms with Crippen LogP contribution in [-0.4, -0.2) is 60.7 Å². The van der Waals surface area contributed by atoms with Crippen molar-refractivity contribution >= 4 is 17.7 Å².